The van der Waals surface area contributed by atoms with Crippen molar-refractivity contribution < 1.29 is 9.63 Å². The maximum atomic E-state index is 10.7. The summed E-state index contributed by atoms with van der Waals surface area (Å²) in [4.78, 5) is 17.0. The Kier molecular flexibility index (Phi) is 9.40. The second-order valence-corrected chi connectivity index (χ2v) is 2.06. The van der Waals surface area contributed by atoms with E-state index in [1.165, 1.54) is 7.11 Å². The molecule has 0 bridgehead atoms. The first-order chi connectivity index (χ1) is 4.70. The fourth-order valence-electron chi connectivity index (χ4n) is 0.503. The third kappa shape index (κ3) is 7.58. The first kappa shape index (κ1) is 13.3. The summed E-state index contributed by atoms with van der Waals surface area (Å²) >= 11 is 0. The molecule has 11 heavy (non-hydrogen) atoms. The number of rotatable bonds is 4. The van der Waals surface area contributed by atoms with E-state index in [9.17, 15) is 4.79 Å². The Balaban J connectivity index is 0. The average molecular weight is 183 g/mol. The summed E-state index contributed by atoms with van der Waals surface area (Å²) in [5.74, 6) is -0.119. The van der Waals surface area contributed by atoms with Gasteiger partial charge in [0.15, 0.2) is 0 Å². The van der Waals surface area contributed by atoms with Crippen LogP contribution < -0.4 is 5.48 Å². The standard InChI is InChI=1S/C6H14N2O2.ClH/c1-4-8(2)5-6(9)7-10-3;/h4-5H2,1-3H3,(H,7,9);1H. The monoisotopic (exact) mass is 182 g/mol. The quantitative estimate of drug-likeness (QED) is 0.625. The molecule has 0 aliphatic rings. The van der Waals surface area contributed by atoms with E-state index in [-0.39, 0.29) is 18.3 Å². The van der Waals surface area contributed by atoms with Crippen LogP contribution in [0.3, 0.4) is 0 Å². The van der Waals surface area contributed by atoms with Crippen molar-refractivity contribution in [1.82, 2.24) is 10.4 Å². The zero-order valence-corrected chi connectivity index (χ0v) is 7.90. The Labute approximate surface area is 73.3 Å². The predicted octanol–water partition coefficient (Wildman–Crippen LogP) is 0.0375. The summed E-state index contributed by atoms with van der Waals surface area (Å²) in [6, 6.07) is 0. The van der Waals surface area contributed by atoms with Crippen LogP contribution >= 0.6 is 12.4 Å². The highest BCUT2D eigenvalue weighted by molar-refractivity contribution is 5.85. The van der Waals surface area contributed by atoms with Crippen molar-refractivity contribution in [2.24, 2.45) is 0 Å². The SMILES string of the molecule is CCN(C)CC(=O)NOC.Cl. The lowest BCUT2D eigenvalue weighted by Crippen LogP contribution is -2.34. The molecule has 0 unspecified atom stereocenters. The van der Waals surface area contributed by atoms with Crippen LogP contribution in [0.4, 0.5) is 0 Å². The third-order valence-corrected chi connectivity index (χ3v) is 1.17. The predicted molar refractivity (Wildman–Crippen MR) is 45.6 cm³/mol. The number of carbonyl (C=O) groups is 1. The molecule has 0 saturated carbocycles. The number of amides is 1. The minimum absolute atomic E-state index is 0. The second-order valence-electron chi connectivity index (χ2n) is 2.06. The van der Waals surface area contributed by atoms with Crippen molar-refractivity contribution in [3.8, 4) is 0 Å². The van der Waals surface area contributed by atoms with E-state index in [0.717, 1.165) is 6.54 Å². The molecule has 0 radical (unpaired) electrons. The molecule has 0 fully saturated rings. The van der Waals surface area contributed by atoms with Crippen molar-refractivity contribution in [3.63, 3.8) is 0 Å². The Bertz CT molecular complexity index is 111. The van der Waals surface area contributed by atoms with Gasteiger partial charge in [0.1, 0.15) is 0 Å². The second kappa shape index (κ2) is 7.78. The Hall–Kier alpha value is -0.320. The zero-order chi connectivity index (χ0) is 7.98. The lowest BCUT2D eigenvalue weighted by molar-refractivity contribution is -0.132. The lowest BCUT2D eigenvalue weighted by atomic mass is 10.5. The zero-order valence-electron chi connectivity index (χ0n) is 7.09. The normalized spacial score (nSPS) is 9.09. The molecule has 0 aliphatic carbocycles. The summed E-state index contributed by atoms with van der Waals surface area (Å²) in [5, 5.41) is 0. The van der Waals surface area contributed by atoms with E-state index in [1.807, 2.05) is 18.9 Å². The number of likely N-dealkylation sites (N-methyl/N-ethyl adjacent to an activating group) is 1. The smallest absolute Gasteiger partial charge is 0.257 e. The number of nitrogens with zero attached hydrogens (tertiary/aromatic N) is 1. The molecular formula is C6H15ClN2O2. The van der Waals surface area contributed by atoms with Gasteiger partial charge in [0.25, 0.3) is 5.91 Å². The molecule has 0 rings (SSSR count). The van der Waals surface area contributed by atoms with Crippen LogP contribution in [0.1, 0.15) is 6.92 Å². The molecule has 1 N–H and O–H groups in total. The average Bonchev–Trinajstić information content (AvgIpc) is 1.88. The summed E-state index contributed by atoms with van der Waals surface area (Å²) < 4.78 is 0. The molecular weight excluding hydrogens is 168 g/mol. The van der Waals surface area contributed by atoms with Crippen molar-refractivity contribution >= 4 is 18.3 Å². The van der Waals surface area contributed by atoms with Gasteiger partial charge >= 0.3 is 0 Å². The summed E-state index contributed by atoms with van der Waals surface area (Å²) in [5.41, 5.74) is 2.23. The number of hydroxylamine groups is 1. The molecule has 68 valence electrons. The fraction of sp³-hybridized carbons (Fsp3) is 0.833. The van der Waals surface area contributed by atoms with Gasteiger partial charge < -0.3 is 0 Å². The fourth-order valence-corrected chi connectivity index (χ4v) is 0.503. The van der Waals surface area contributed by atoms with Gasteiger partial charge in [-0.2, -0.15) is 0 Å². The van der Waals surface area contributed by atoms with Gasteiger partial charge in [0.05, 0.1) is 13.7 Å². The highest BCUT2D eigenvalue weighted by Crippen LogP contribution is 1.78. The number of hydrogen-bond acceptors (Lipinski definition) is 3. The van der Waals surface area contributed by atoms with Crippen LogP contribution in [-0.2, 0) is 9.63 Å². The number of halogens is 1. The van der Waals surface area contributed by atoms with Gasteiger partial charge in [-0.1, -0.05) is 6.92 Å². The maximum absolute atomic E-state index is 10.7. The molecule has 0 aromatic rings. The summed E-state index contributed by atoms with van der Waals surface area (Å²) in [6.45, 7) is 3.22. The van der Waals surface area contributed by atoms with E-state index in [4.69, 9.17) is 0 Å². The highest BCUT2D eigenvalue weighted by Gasteiger charge is 2.01. The van der Waals surface area contributed by atoms with E-state index >= 15 is 0 Å². The third-order valence-electron chi connectivity index (χ3n) is 1.17. The summed E-state index contributed by atoms with van der Waals surface area (Å²) in [6.07, 6.45) is 0. The van der Waals surface area contributed by atoms with Crippen molar-refractivity contribution in [2.75, 3.05) is 27.2 Å². The van der Waals surface area contributed by atoms with Crippen LogP contribution in [0.25, 0.3) is 0 Å². The van der Waals surface area contributed by atoms with Gasteiger partial charge in [-0.3, -0.25) is 14.5 Å². The molecule has 1 amide bonds. The largest absolute Gasteiger partial charge is 0.298 e. The minimum atomic E-state index is -0.119. The molecule has 0 spiro atoms. The van der Waals surface area contributed by atoms with E-state index in [0.29, 0.717) is 6.54 Å². The Morgan fingerprint density at radius 1 is 1.64 bits per heavy atom. The van der Waals surface area contributed by atoms with Crippen molar-refractivity contribution in [3.05, 3.63) is 0 Å². The van der Waals surface area contributed by atoms with Gasteiger partial charge in [-0.05, 0) is 13.6 Å². The van der Waals surface area contributed by atoms with Crippen LogP contribution in [0.5, 0.6) is 0 Å². The van der Waals surface area contributed by atoms with Crippen LogP contribution in [0, 0.1) is 0 Å². The van der Waals surface area contributed by atoms with Gasteiger partial charge in [-0.25, -0.2) is 5.48 Å². The molecule has 0 aliphatic heterocycles. The first-order valence-corrected chi connectivity index (χ1v) is 3.21. The van der Waals surface area contributed by atoms with E-state index in [1.54, 1.807) is 0 Å². The summed E-state index contributed by atoms with van der Waals surface area (Å²) in [7, 11) is 3.29. The molecule has 0 heterocycles. The number of hydrogen-bond donors (Lipinski definition) is 1. The van der Waals surface area contributed by atoms with Crippen molar-refractivity contribution in [1.29, 1.82) is 0 Å². The number of nitrogens with one attached hydrogen (secondary N) is 1. The van der Waals surface area contributed by atoms with Gasteiger partial charge in [0.2, 0.25) is 0 Å². The minimum Gasteiger partial charge on any atom is -0.298 e. The van der Waals surface area contributed by atoms with Crippen LogP contribution in [0.2, 0.25) is 0 Å². The maximum Gasteiger partial charge on any atom is 0.257 e. The molecule has 0 saturated heterocycles. The van der Waals surface area contributed by atoms with Crippen molar-refractivity contribution in [2.45, 2.75) is 6.92 Å². The molecule has 5 heteroatoms. The molecule has 4 nitrogen and oxygen atoms in total. The molecule has 0 aromatic carbocycles. The first-order valence-electron chi connectivity index (χ1n) is 3.21. The Morgan fingerprint density at radius 3 is 2.55 bits per heavy atom. The molecule has 0 aromatic heterocycles. The van der Waals surface area contributed by atoms with Crippen LogP contribution in [-0.4, -0.2) is 38.1 Å². The highest BCUT2D eigenvalue weighted by atomic mass is 35.5. The van der Waals surface area contributed by atoms with E-state index in [2.05, 4.69) is 10.3 Å². The Morgan fingerprint density at radius 2 is 2.18 bits per heavy atom. The lowest BCUT2D eigenvalue weighted by Gasteiger charge is -2.11. The topological polar surface area (TPSA) is 41.6 Å². The number of carbonyl (C=O) groups excluding carboxylic acids is 1. The van der Waals surface area contributed by atoms with Crippen LogP contribution in [0.15, 0.2) is 0 Å². The van der Waals surface area contributed by atoms with Gasteiger partial charge in [-0.15, -0.1) is 12.4 Å². The molecule has 0 atom stereocenters. The van der Waals surface area contributed by atoms with Gasteiger partial charge in [0, 0.05) is 0 Å². The van der Waals surface area contributed by atoms with E-state index < -0.39 is 0 Å².